The number of carbonyl (C=O) groups is 1. The second-order valence-electron chi connectivity index (χ2n) is 8.79. The number of rotatable bonds is 5. The summed E-state index contributed by atoms with van der Waals surface area (Å²) in [5.74, 6) is 0.0654. The van der Waals surface area contributed by atoms with Crippen LogP contribution < -0.4 is 10.2 Å². The van der Waals surface area contributed by atoms with Gasteiger partial charge in [0.05, 0.1) is 24.3 Å². The number of hydrogen-bond acceptors (Lipinski definition) is 5. The fourth-order valence-corrected chi connectivity index (χ4v) is 4.78. The molecule has 2 N–H and O–H groups in total. The molecular weight excluding hydrogens is 411 g/mol. The largest absolute Gasteiger partial charge is 0.416 e. The van der Waals surface area contributed by atoms with E-state index in [0.29, 0.717) is 45.0 Å². The van der Waals surface area contributed by atoms with Gasteiger partial charge in [0.15, 0.2) is 0 Å². The zero-order valence-electron chi connectivity index (χ0n) is 17.5. The Bertz CT molecular complexity index is 762. The van der Waals surface area contributed by atoms with Crippen LogP contribution in [0.25, 0.3) is 0 Å². The Hall–Kier alpha value is -1.84. The van der Waals surface area contributed by atoms with Gasteiger partial charge in [0.25, 0.3) is 0 Å². The molecule has 6 nitrogen and oxygen atoms in total. The van der Waals surface area contributed by atoms with Crippen molar-refractivity contribution in [3.63, 3.8) is 0 Å². The van der Waals surface area contributed by atoms with Gasteiger partial charge in [-0.15, -0.1) is 0 Å². The molecule has 1 saturated carbocycles. The Morgan fingerprint density at radius 2 is 1.87 bits per heavy atom. The van der Waals surface area contributed by atoms with Crippen molar-refractivity contribution >= 4 is 11.6 Å². The number of halogens is 3. The molecule has 4 rings (SSSR count). The van der Waals surface area contributed by atoms with Crippen LogP contribution in [0.5, 0.6) is 0 Å². The smallest absolute Gasteiger partial charge is 0.388 e. The van der Waals surface area contributed by atoms with Crippen LogP contribution in [0.15, 0.2) is 24.3 Å². The van der Waals surface area contributed by atoms with Crippen LogP contribution in [0.1, 0.15) is 31.2 Å². The summed E-state index contributed by atoms with van der Waals surface area (Å²) in [4.78, 5) is 16.4. The summed E-state index contributed by atoms with van der Waals surface area (Å²) in [6, 6.07) is 5.03. The van der Waals surface area contributed by atoms with E-state index in [1.54, 1.807) is 6.07 Å². The van der Waals surface area contributed by atoms with Crippen molar-refractivity contribution < 1.29 is 27.8 Å². The summed E-state index contributed by atoms with van der Waals surface area (Å²) in [6.07, 6.45) is -1.50. The number of amides is 1. The number of nitrogens with one attached hydrogen (secondary N) is 1. The van der Waals surface area contributed by atoms with Crippen molar-refractivity contribution in [2.24, 2.45) is 5.92 Å². The quantitative estimate of drug-likeness (QED) is 0.734. The van der Waals surface area contributed by atoms with E-state index in [4.69, 9.17) is 4.74 Å². The maximum atomic E-state index is 13.0. The van der Waals surface area contributed by atoms with Crippen LogP contribution in [-0.4, -0.2) is 73.5 Å². The minimum absolute atomic E-state index is 0.0144. The molecule has 0 radical (unpaired) electrons. The zero-order valence-corrected chi connectivity index (χ0v) is 17.5. The van der Waals surface area contributed by atoms with Gasteiger partial charge in [0.2, 0.25) is 5.91 Å². The van der Waals surface area contributed by atoms with Gasteiger partial charge < -0.3 is 20.1 Å². The van der Waals surface area contributed by atoms with E-state index in [-0.39, 0.29) is 24.0 Å². The number of nitrogens with zero attached hydrogens (tertiary/aromatic N) is 2. The minimum atomic E-state index is -4.35. The highest BCUT2D eigenvalue weighted by atomic mass is 19.4. The van der Waals surface area contributed by atoms with Crippen LogP contribution in [0, 0.1) is 5.92 Å². The van der Waals surface area contributed by atoms with Crippen LogP contribution in [0.2, 0.25) is 0 Å². The molecule has 0 bridgehead atoms. The van der Waals surface area contributed by atoms with Crippen molar-refractivity contribution in [2.75, 3.05) is 44.2 Å². The van der Waals surface area contributed by atoms with Crippen molar-refractivity contribution in [2.45, 2.75) is 50.1 Å². The first kappa shape index (κ1) is 22.4. The molecule has 0 aromatic heterocycles. The van der Waals surface area contributed by atoms with E-state index in [9.17, 15) is 23.1 Å². The third-order valence-electron chi connectivity index (χ3n) is 6.69. The first-order valence-electron chi connectivity index (χ1n) is 11.1. The molecule has 1 aromatic rings. The predicted octanol–water partition coefficient (Wildman–Crippen LogP) is 2.26. The van der Waals surface area contributed by atoms with E-state index in [0.717, 1.165) is 31.7 Å². The summed E-state index contributed by atoms with van der Waals surface area (Å²) in [5, 5.41) is 13.6. The third kappa shape index (κ3) is 5.32. The molecule has 2 heterocycles. The van der Waals surface area contributed by atoms with Gasteiger partial charge >= 0.3 is 6.18 Å². The molecular formula is C22H30F3N3O3. The van der Waals surface area contributed by atoms with Crippen molar-refractivity contribution in [1.82, 2.24) is 10.2 Å². The second kappa shape index (κ2) is 9.34. The molecule has 1 aromatic carbocycles. The maximum Gasteiger partial charge on any atom is 0.416 e. The lowest BCUT2D eigenvalue weighted by Crippen LogP contribution is -2.51. The Kier molecular flexibility index (Phi) is 6.74. The lowest BCUT2D eigenvalue weighted by Gasteiger charge is -2.37. The first-order chi connectivity index (χ1) is 14.8. The lowest BCUT2D eigenvalue weighted by atomic mass is 10.0. The summed E-state index contributed by atoms with van der Waals surface area (Å²) >= 11 is 0. The molecule has 3 atom stereocenters. The topological polar surface area (TPSA) is 65.0 Å². The molecule has 0 spiro atoms. The molecule has 31 heavy (non-hydrogen) atoms. The summed E-state index contributed by atoms with van der Waals surface area (Å²) < 4.78 is 44.7. The third-order valence-corrected chi connectivity index (χ3v) is 6.69. The predicted molar refractivity (Wildman–Crippen MR) is 110 cm³/mol. The molecule has 3 aliphatic rings. The maximum absolute atomic E-state index is 13.0. The summed E-state index contributed by atoms with van der Waals surface area (Å²) in [6.45, 7) is 3.38. The number of hydrogen-bond donors (Lipinski definition) is 2. The van der Waals surface area contributed by atoms with Crippen LogP contribution in [0.4, 0.5) is 18.9 Å². The van der Waals surface area contributed by atoms with Crippen LogP contribution >= 0.6 is 0 Å². The normalized spacial score (nSPS) is 28.3. The lowest BCUT2D eigenvalue weighted by molar-refractivity contribution is -0.137. The highest BCUT2D eigenvalue weighted by molar-refractivity contribution is 5.79. The van der Waals surface area contributed by atoms with Crippen molar-refractivity contribution in [1.29, 1.82) is 0 Å². The molecule has 2 saturated heterocycles. The average molecular weight is 441 g/mol. The van der Waals surface area contributed by atoms with Gasteiger partial charge in [-0.05, 0) is 31.0 Å². The number of piperazine rings is 1. The number of carbonyl (C=O) groups excluding carboxylic acids is 1. The zero-order chi connectivity index (χ0) is 22.0. The van der Waals surface area contributed by atoms with Gasteiger partial charge in [-0.1, -0.05) is 18.9 Å². The van der Waals surface area contributed by atoms with E-state index < -0.39 is 17.8 Å². The average Bonchev–Trinajstić information content (AvgIpc) is 3.40. The Balaban J connectivity index is 1.25. The molecule has 1 amide bonds. The number of anilines is 1. The van der Waals surface area contributed by atoms with E-state index in [1.165, 1.54) is 12.1 Å². The fraction of sp³-hybridized carbons (Fsp3) is 0.682. The second-order valence-corrected chi connectivity index (χ2v) is 8.79. The minimum Gasteiger partial charge on any atom is -0.388 e. The van der Waals surface area contributed by atoms with Gasteiger partial charge in [-0.25, -0.2) is 0 Å². The van der Waals surface area contributed by atoms with Gasteiger partial charge in [0.1, 0.15) is 6.10 Å². The fourth-order valence-electron chi connectivity index (χ4n) is 4.78. The highest BCUT2D eigenvalue weighted by Crippen LogP contribution is 2.32. The van der Waals surface area contributed by atoms with E-state index >= 15 is 0 Å². The molecule has 3 fully saturated rings. The number of benzene rings is 1. The number of aliphatic hydroxyl groups excluding tert-OH is 1. The molecule has 9 heteroatoms. The highest BCUT2D eigenvalue weighted by Gasteiger charge is 2.39. The monoisotopic (exact) mass is 441 g/mol. The van der Waals surface area contributed by atoms with Crippen molar-refractivity contribution in [3.8, 4) is 0 Å². The molecule has 1 aliphatic carbocycles. The molecule has 0 unspecified atom stereocenters. The van der Waals surface area contributed by atoms with Gasteiger partial charge in [0, 0.05) is 44.3 Å². The molecule has 2 aliphatic heterocycles. The van der Waals surface area contributed by atoms with Crippen molar-refractivity contribution in [3.05, 3.63) is 29.8 Å². The Morgan fingerprint density at radius 3 is 2.55 bits per heavy atom. The number of alkyl halides is 3. The number of ether oxygens (including phenoxy) is 1. The van der Waals surface area contributed by atoms with E-state index in [1.807, 2.05) is 4.90 Å². The SMILES string of the molecule is O=C(N[C@H]1CO[C@@H](CN2CCN(c3cccc(C(F)(F)F)c3)CC2)[C@@H]1O)C1CCCC1. The molecule has 172 valence electrons. The van der Waals surface area contributed by atoms with E-state index in [2.05, 4.69) is 10.2 Å². The number of aliphatic hydroxyl groups is 1. The first-order valence-corrected chi connectivity index (χ1v) is 11.1. The standard InChI is InChI=1S/C22H30F3N3O3/c23-22(24,25)16-6-3-7-17(12-16)28-10-8-27(9-11-28)13-19-20(29)18(14-31-19)26-21(30)15-4-1-2-5-15/h3,6-7,12,15,18-20,29H,1-2,4-5,8-11,13-14H2,(H,26,30)/t18-,19-,20+/m0/s1. The van der Waals surface area contributed by atoms with Gasteiger partial charge in [-0.3, -0.25) is 9.69 Å². The Morgan fingerprint density at radius 1 is 1.16 bits per heavy atom. The van der Waals surface area contributed by atoms with Crippen LogP contribution in [-0.2, 0) is 15.7 Å². The van der Waals surface area contributed by atoms with Crippen LogP contribution in [0.3, 0.4) is 0 Å². The summed E-state index contributed by atoms with van der Waals surface area (Å²) in [7, 11) is 0. The summed E-state index contributed by atoms with van der Waals surface area (Å²) in [5.41, 5.74) is -0.0677. The Labute approximate surface area is 180 Å². The van der Waals surface area contributed by atoms with Gasteiger partial charge in [-0.2, -0.15) is 13.2 Å².